The Balaban J connectivity index is 1.62. The SMILES string of the molecule is Cc1ncsc1C(=O)NCCCN1CCN(C)CC1. The molecule has 0 radical (unpaired) electrons. The van der Waals surface area contributed by atoms with Crippen LogP contribution in [0, 0.1) is 6.92 Å². The molecule has 2 heterocycles. The molecule has 106 valence electrons. The van der Waals surface area contributed by atoms with Crippen LogP contribution < -0.4 is 5.32 Å². The zero-order valence-corrected chi connectivity index (χ0v) is 12.5. The van der Waals surface area contributed by atoms with Gasteiger partial charge >= 0.3 is 0 Å². The Bertz CT molecular complexity index is 413. The predicted molar refractivity (Wildman–Crippen MR) is 77.7 cm³/mol. The Morgan fingerprint density at radius 3 is 2.79 bits per heavy atom. The standard InChI is InChI=1S/C13H22N4OS/c1-11-12(19-10-15-11)13(18)14-4-3-5-17-8-6-16(2)7-9-17/h10H,3-9H2,1-2H3,(H,14,18). The maximum atomic E-state index is 11.9. The second kappa shape index (κ2) is 6.98. The van der Waals surface area contributed by atoms with Gasteiger partial charge in [0.05, 0.1) is 11.2 Å². The lowest BCUT2D eigenvalue weighted by Gasteiger charge is -2.32. The van der Waals surface area contributed by atoms with Crippen LogP contribution >= 0.6 is 11.3 Å². The van der Waals surface area contributed by atoms with Gasteiger partial charge in [0.2, 0.25) is 0 Å². The van der Waals surface area contributed by atoms with E-state index in [1.54, 1.807) is 5.51 Å². The highest BCUT2D eigenvalue weighted by Crippen LogP contribution is 2.11. The number of aromatic nitrogens is 1. The molecular weight excluding hydrogens is 260 g/mol. The van der Waals surface area contributed by atoms with Gasteiger partial charge in [-0.3, -0.25) is 4.79 Å². The molecule has 1 amide bonds. The van der Waals surface area contributed by atoms with Crippen LogP contribution in [0.1, 0.15) is 21.8 Å². The molecule has 0 aliphatic carbocycles. The normalized spacial score (nSPS) is 17.6. The van der Waals surface area contributed by atoms with Gasteiger partial charge < -0.3 is 15.1 Å². The molecule has 19 heavy (non-hydrogen) atoms. The first-order valence-corrected chi connectivity index (χ1v) is 7.64. The molecule has 1 aliphatic rings. The topological polar surface area (TPSA) is 48.5 Å². The number of carbonyl (C=O) groups excluding carboxylic acids is 1. The number of nitrogens with zero attached hydrogens (tertiary/aromatic N) is 3. The summed E-state index contributed by atoms with van der Waals surface area (Å²) in [6, 6.07) is 0. The van der Waals surface area contributed by atoms with Gasteiger partial charge in [-0.1, -0.05) is 0 Å². The molecule has 2 rings (SSSR count). The van der Waals surface area contributed by atoms with E-state index in [0.717, 1.165) is 56.3 Å². The van der Waals surface area contributed by atoms with Gasteiger partial charge in [-0.25, -0.2) is 4.98 Å². The summed E-state index contributed by atoms with van der Waals surface area (Å²) in [5, 5.41) is 2.97. The third-order valence-corrected chi connectivity index (χ3v) is 4.41. The van der Waals surface area contributed by atoms with Crippen LogP contribution in [-0.2, 0) is 0 Å². The lowest BCUT2D eigenvalue weighted by Crippen LogP contribution is -2.45. The smallest absolute Gasteiger partial charge is 0.263 e. The van der Waals surface area contributed by atoms with E-state index in [2.05, 4.69) is 27.1 Å². The van der Waals surface area contributed by atoms with Crippen LogP contribution in [0.3, 0.4) is 0 Å². The predicted octanol–water partition coefficient (Wildman–Crippen LogP) is 0.819. The number of thiazole rings is 1. The average Bonchev–Trinajstić information content (AvgIpc) is 2.83. The molecule has 6 heteroatoms. The van der Waals surface area contributed by atoms with Crippen molar-refractivity contribution >= 4 is 17.2 Å². The number of hydrogen-bond donors (Lipinski definition) is 1. The molecule has 1 aliphatic heterocycles. The third kappa shape index (κ3) is 4.26. The van der Waals surface area contributed by atoms with Crippen LogP contribution in [-0.4, -0.2) is 67.0 Å². The van der Waals surface area contributed by atoms with E-state index in [0.29, 0.717) is 0 Å². The van der Waals surface area contributed by atoms with Crippen LogP contribution in [0.4, 0.5) is 0 Å². The van der Waals surface area contributed by atoms with Crippen LogP contribution in [0.15, 0.2) is 5.51 Å². The Kier molecular flexibility index (Phi) is 5.30. The van der Waals surface area contributed by atoms with E-state index in [-0.39, 0.29) is 5.91 Å². The van der Waals surface area contributed by atoms with Crippen molar-refractivity contribution in [1.82, 2.24) is 20.1 Å². The van der Waals surface area contributed by atoms with E-state index in [9.17, 15) is 4.79 Å². The number of nitrogens with one attached hydrogen (secondary N) is 1. The number of carbonyl (C=O) groups is 1. The second-order valence-electron chi connectivity index (χ2n) is 5.02. The summed E-state index contributed by atoms with van der Waals surface area (Å²) < 4.78 is 0. The first-order valence-electron chi connectivity index (χ1n) is 6.76. The number of amides is 1. The quantitative estimate of drug-likeness (QED) is 0.812. The van der Waals surface area contributed by atoms with Gasteiger partial charge in [0.15, 0.2) is 0 Å². The molecule has 0 saturated carbocycles. The molecule has 0 atom stereocenters. The summed E-state index contributed by atoms with van der Waals surface area (Å²) in [6.45, 7) is 8.24. The van der Waals surface area contributed by atoms with Crippen molar-refractivity contribution in [3.8, 4) is 0 Å². The maximum Gasteiger partial charge on any atom is 0.263 e. The number of piperazine rings is 1. The van der Waals surface area contributed by atoms with Crippen molar-refractivity contribution in [3.05, 3.63) is 16.1 Å². The molecule has 1 N–H and O–H groups in total. The summed E-state index contributed by atoms with van der Waals surface area (Å²) in [6.07, 6.45) is 1.01. The Hall–Kier alpha value is -0.980. The molecule has 0 bridgehead atoms. The highest BCUT2D eigenvalue weighted by atomic mass is 32.1. The molecule has 1 saturated heterocycles. The minimum absolute atomic E-state index is 0.0124. The molecular formula is C13H22N4OS. The van der Waals surface area contributed by atoms with E-state index < -0.39 is 0 Å². The maximum absolute atomic E-state index is 11.9. The fraction of sp³-hybridized carbons (Fsp3) is 0.692. The number of aryl methyl sites for hydroxylation is 1. The van der Waals surface area contributed by atoms with Gasteiger partial charge in [-0.15, -0.1) is 11.3 Å². The highest BCUT2D eigenvalue weighted by molar-refractivity contribution is 7.11. The minimum atomic E-state index is 0.0124. The first kappa shape index (κ1) is 14.4. The van der Waals surface area contributed by atoms with Crippen molar-refractivity contribution in [3.63, 3.8) is 0 Å². The molecule has 1 aromatic rings. The Morgan fingerprint density at radius 2 is 2.16 bits per heavy atom. The fourth-order valence-electron chi connectivity index (χ4n) is 2.18. The van der Waals surface area contributed by atoms with Gasteiger partial charge in [-0.2, -0.15) is 0 Å². The van der Waals surface area contributed by atoms with Crippen LogP contribution in [0.2, 0.25) is 0 Å². The lowest BCUT2D eigenvalue weighted by molar-refractivity contribution is 0.0952. The molecule has 1 fully saturated rings. The van der Waals surface area contributed by atoms with Crippen molar-refractivity contribution in [2.24, 2.45) is 0 Å². The van der Waals surface area contributed by atoms with Crippen molar-refractivity contribution in [1.29, 1.82) is 0 Å². The van der Waals surface area contributed by atoms with Crippen LogP contribution in [0.5, 0.6) is 0 Å². The monoisotopic (exact) mass is 282 g/mol. The Labute approximate surface area is 118 Å². The van der Waals surface area contributed by atoms with E-state index in [1.165, 1.54) is 11.3 Å². The molecule has 0 aromatic carbocycles. The largest absolute Gasteiger partial charge is 0.351 e. The zero-order valence-electron chi connectivity index (χ0n) is 11.7. The molecule has 5 nitrogen and oxygen atoms in total. The second-order valence-corrected chi connectivity index (χ2v) is 5.88. The van der Waals surface area contributed by atoms with Crippen LogP contribution in [0.25, 0.3) is 0 Å². The lowest BCUT2D eigenvalue weighted by atomic mass is 10.3. The fourth-order valence-corrected chi connectivity index (χ4v) is 2.89. The van der Waals surface area contributed by atoms with E-state index in [4.69, 9.17) is 0 Å². The van der Waals surface area contributed by atoms with Crippen molar-refractivity contribution < 1.29 is 4.79 Å². The molecule has 0 unspecified atom stereocenters. The average molecular weight is 282 g/mol. The number of rotatable bonds is 5. The van der Waals surface area contributed by atoms with E-state index in [1.807, 2.05) is 6.92 Å². The first-order chi connectivity index (χ1) is 9.16. The summed E-state index contributed by atoms with van der Waals surface area (Å²) in [5.74, 6) is 0.0124. The van der Waals surface area contributed by atoms with Gasteiger partial charge in [-0.05, 0) is 26.9 Å². The summed E-state index contributed by atoms with van der Waals surface area (Å²) in [7, 11) is 2.16. The van der Waals surface area contributed by atoms with E-state index >= 15 is 0 Å². The summed E-state index contributed by atoms with van der Waals surface area (Å²) >= 11 is 1.40. The Morgan fingerprint density at radius 1 is 1.42 bits per heavy atom. The number of hydrogen-bond acceptors (Lipinski definition) is 5. The van der Waals surface area contributed by atoms with Crippen molar-refractivity contribution in [2.45, 2.75) is 13.3 Å². The van der Waals surface area contributed by atoms with Crippen molar-refractivity contribution in [2.75, 3.05) is 46.3 Å². The molecule has 0 spiro atoms. The molecule has 1 aromatic heterocycles. The summed E-state index contributed by atoms with van der Waals surface area (Å²) in [5.41, 5.74) is 2.54. The zero-order chi connectivity index (χ0) is 13.7. The van der Waals surface area contributed by atoms with Gasteiger partial charge in [0, 0.05) is 32.7 Å². The van der Waals surface area contributed by atoms with Gasteiger partial charge in [0.1, 0.15) is 4.88 Å². The third-order valence-electron chi connectivity index (χ3n) is 3.48. The highest BCUT2D eigenvalue weighted by Gasteiger charge is 2.14. The van der Waals surface area contributed by atoms with Gasteiger partial charge in [0.25, 0.3) is 5.91 Å². The minimum Gasteiger partial charge on any atom is -0.351 e. The number of likely N-dealkylation sites (N-methyl/N-ethyl adjacent to an activating group) is 1. The summed E-state index contributed by atoms with van der Waals surface area (Å²) in [4.78, 5) is 21.5.